The Morgan fingerprint density at radius 1 is 0.903 bits per heavy atom. The molecular formula is C24H30N2O5. The zero-order valence-electron chi connectivity index (χ0n) is 18.2. The molecule has 0 bridgehead atoms. The highest BCUT2D eigenvalue weighted by atomic mass is 16.6. The van der Waals surface area contributed by atoms with E-state index in [-0.39, 0.29) is 13.0 Å². The van der Waals surface area contributed by atoms with E-state index in [1.54, 1.807) is 0 Å². The van der Waals surface area contributed by atoms with Gasteiger partial charge in [-0.05, 0) is 31.4 Å². The minimum absolute atomic E-state index is 0.0777. The van der Waals surface area contributed by atoms with Crippen LogP contribution < -0.4 is 10.6 Å². The molecule has 2 N–H and O–H groups in total. The molecule has 0 radical (unpaired) electrons. The predicted molar refractivity (Wildman–Crippen MR) is 117 cm³/mol. The highest BCUT2D eigenvalue weighted by Gasteiger charge is 2.25. The lowest BCUT2D eigenvalue weighted by Gasteiger charge is -2.24. The molecule has 166 valence electrons. The number of amides is 2. The van der Waals surface area contributed by atoms with Gasteiger partial charge in [-0.15, -0.1) is 0 Å². The fraction of sp³-hybridized carbons (Fsp3) is 0.375. The molecule has 0 saturated heterocycles. The van der Waals surface area contributed by atoms with E-state index in [1.807, 2.05) is 81.4 Å². The quantitative estimate of drug-likeness (QED) is 0.568. The number of hydrogen-bond acceptors (Lipinski definition) is 5. The van der Waals surface area contributed by atoms with Gasteiger partial charge in [0, 0.05) is 12.0 Å². The summed E-state index contributed by atoms with van der Waals surface area (Å²) in [5, 5.41) is 5.35. The molecule has 7 heteroatoms. The van der Waals surface area contributed by atoms with Gasteiger partial charge in [0.1, 0.15) is 12.6 Å². The van der Waals surface area contributed by atoms with Crippen molar-refractivity contribution in [1.82, 2.24) is 10.6 Å². The maximum absolute atomic E-state index is 12.6. The van der Waals surface area contributed by atoms with Crippen molar-refractivity contribution in [2.45, 2.75) is 51.8 Å². The second kappa shape index (κ2) is 11.7. The van der Waals surface area contributed by atoms with Crippen molar-refractivity contribution in [2.24, 2.45) is 0 Å². The van der Waals surface area contributed by atoms with Crippen LogP contribution in [0.15, 0.2) is 60.7 Å². The van der Waals surface area contributed by atoms with E-state index in [0.29, 0.717) is 0 Å². The first-order chi connectivity index (χ1) is 14.8. The Morgan fingerprint density at radius 3 is 2.06 bits per heavy atom. The minimum atomic E-state index is -0.988. The molecule has 0 aromatic heterocycles. The van der Waals surface area contributed by atoms with Gasteiger partial charge in [0.25, 0.3) is 5.91 Å². The van der Waals surface area contributed by atoms with Crippen LogP contribution in [-0.2, 0) is 32.1 Å². The van der Waals surface area contributed by atoms with Crippen LogP contribution in [0.3, 0.4) is 0 Å². The van der Waals surface area contributed by atoms with Crippen molar-refractivity contribution in [3.63, 3.8) is 0 Å². The number of rotatable bonds is 10. The zero-order valence-corrected chi connectivity index (χ0v) is 18.2. The number of hydrogen-bond donors (Lipinski definition) is 2. The molecular weight excluding hydrogens is 396 g/mol. The topological polar surface area (TPSA) is 93.7 Å². The first-order valence-corrected chi connectivity index (χ1v) is 10.3. The molecule has 0 aliphatic heterocycles. The third-order valence-corrected chi connectivity index (χ3v) is 4.78. The van der Waals surface area contributed by atoms with Gasteiger partial charge in [-0.3, -0.25) is 4.79 Å². The van der Waals surface area contributed by atoms with Crippen LogP contribution in [0.5, 0.6) is 0 Å². The molecule has 0 aliphatic rings. The molecule has 7 nitrogen and oxygen atoms in total. The number of nitrogens with one attached hydrogen (secondary N) is 2. The first kappa shape index (κ1) is 23.9. The van der Waals surface area contributed by atoms with E-state index in [9.17, 15) is 14.4 Å². The molecule has 0 heterocycles. The number of carbonyl (C=O) groups is 3. The molecule has 0 aliphatic carbocycles. The van der Waals surface area contributed by atoms with Crippen LogP contribution in [0.1, 0.15) is 38.3 Å². The molecule has 2 aromatic carbocycles. The number of alkyl carbamates (subject to hydrolysis) is 1. The summed E-state index contributed by atoms with van der Waals surface area (Å²) in [4.78, 5) is 37.0. The van der Waals surface area contributed by atoms with Gasteiger partial charge in [0.2, 0.25) is 0 Å². The van der Waals surface area contributed by atoms with Crippen molar-refractivity contribution >= 4 is 18.0 Å². The van der Waals surface area contributed by atoms with Crippen molar-refractivity contribution in [1.29, 1.82) is 0 Å². The van der Waals surface area contributed by atoms with Gasteiger partial charge >= 0.3 is 12.1 Å². The molecule has 0 fully saturated rings. The number of benzene rings is 2. The van der Waals surface area contributed by atoms with E-state index in [4.69, 9.17) is 9.47 Å². The van der Waals surface area contributed by atoms with Crippen LogP contribution in [0.25, 0.3) is 0 Å². The Hall–Kier alpha value is -3.35. The molecule has 0 unspecified atom stereocenters. The summed E-state index contributed by atoms with van der Waals surface area (Å²) >= 11 is 0. The largest absolute Gasteiger partial charge is 0.454 e. The van der Waals surface area contributed by atoms with E-state index >= 15 is 0 Å². The standard InChI is InChI=1S/C24H30N2O5/c1-4-24(2,3)26-21(27)17-30-22(28)20(15-18-11-7-5-8-12-18)25-23(29)31-16-19-13-9-6-10-14-19/h5-14,20H,4,15-17H2,1-3H3,(H,25,29)(H,26,27)/t20-/m0/s1. The summed E-state index contributed by atoms with van der Waals surface area (Å²) in [5.41, 5.74) is 1.27. The van der Waals surface area contributed by atoms with Gasteiger partial charge in [-0.25, -0.2) is 9.59 Å². The molecule has 2 amide bonds. The van der Waals surface area contributed by atoms with E-state index in [0.717, 1.165) is 17.5 Å². The van der Waals surface area contributed by atoms with Crippen molar-refractivity contribution in [2.75, 3.05) is 6.61 Å². The van der Waals surface area contributed by atoms with Crippen LogP contribution >= 0.6 is 0 Å². The molecule has 2 rings (SSSR count). The molecule has 0 spiro atoms. The van der Waals surface area contributed by atoms with Crippen LogP contribution in [0, 0.1) is 0 Å². The summed E-state index contributed by atoms with van der Waals surface area (Å²) in [6, 6.07) is 17.5. The average Bonchev–Trinajstić information content (AvgIpc) is 2.77. The van der Waals surface area contributed by atoms with E-state index in [1.165, 1.54) is 0 Å². The zero-order chi connectivity index (χ0) is 22.7. The monoisotopic (exact) mass is 426 g/mol. The fourth-order valence-corrected chi connectivity index (χ4v) is 2.69. The summed E-state index contributed by atoms with van der Waals surface area (Å²) in [5.74, 6) is -1.10. The Labute approximate surface area is 183 Å². The summed E-state index contributed by atoms with van der Waals surface area (Å²) < 4.78 is 10.4. The van der Waals surface area contributed by atoms with Crippen molar-refractivity contribution < 1.29 is 23.9 Å². The maximum Gasteiger partial charge on any atom is 0.408 e. The second-order valence-corrected chi connectivity index (χ2v) is 7.84. The maximum atomic E-state index is 12.6. The van der Waals surface area contributed by atoms with Crippen LogP contribution in [-0.4, -0.2) is 36.2 Å². The van der Waals surface area contributed by atoms with E-state index in [2.05, 4.69) is 10.6 Å². The Balaban J connectivity index is 1.96. The minimum Gasteiger partial charge on any atom is -0.454 e. The van der Waals surface area contributed by atoms with Crippen LogP contribution in [0.2, 0.25) is 0 Å². The molecule has 2 aromatic rings. The summed E-state index contributed by atoms with van der Waals surface area (Å²) in [7, 11) is 0. The normalized spacial score (nSPS) is 11.8. The number of carbonyl (C=O) groups excluding carboxylic acids is 3. The summed E-state index contributed by atoms with van der Waals surface area (Å²) in [6.07, 6.45) is 0.207. The third-order valence-electron chi connectivity index (χ3n) is 4.78. The van der Waals surface area contributed by atoms with Crippen LogP contribution in [0.4, 0.5) is 4.79 Å². The lowest BCUT2D eigenvalue weighted by molar-refractivity contribution is -0.150. The van der Waals surface area contributed by atoms with E-state index < -0.39 is 36.2 Å². The van der Waals surface area contributed by atoms with Crippen molar-refractivity contribution in [3.8, 4) is 0 Å². The predicted octanol–water partition coefficient (Wildman–Crippen LogP) is 3.37. The van der Waals surface area contributed by atoms with Gasteiger partial charge in [-0.2, -0.15) is 0 Å². The number of ether oxygens (including phenoxy) is 2. The van der Waals surface area contributed by atoms with Gasteiger partial charge < -0.3 is 20.1 Å². The Morgan fingerprint density at radius 2 is 1.48 bits per heavy atom. The highest BCUT2D eigenvalue weighted by molar-refractivity contribution is 5.85. The second-order valence-electron chi connectivity index (χ2n) is 7.84. The third kappa shape index (κ3) is 8.90. The molecule has 31 heavy (non-hydrogen) atoms. The highest BCUT2D eigenvalue weighted by Crippen LogP contribution is 2.08. The number of esters is 1. The average molecular weight is 427 g/mol. The lowest BCUT2D eigenvalue weighted by atomic mass is 10.0. The summed E-state index contributed by atoms with van der Waals surface area (Å²) in [6.45, 7) is 5.38. The van der Waals surface area contributed by atoms with Crippen molar-refractivity contribution in [3.05, 3.63) is 71.8 Å². The molecule has 1 atom stereocenters. The SMILES string of the molecule is CCC(C)(C)NC(=O)COC(=O)[C@H](Cc1ccccc1)NC(=O)OCc1ccccc1. The Bertz CT molecular complexity index is 853. The Kier molecular flexibility index (Phi) is 9.06. The van der Waals surface area contributed by atoms with Gasteiger partial charge in [-0.1, -0.05) is 67.6 Å². The van der Waals surface area contributed by atoms with Gasteiger partial charge in [0.15, 0.2) is 6.61 Å². The lowest BCUT2D eigenvalue weighted by Crippen LogP contribution is -2.47. The first-order valence-electron chi connectivity index (χ1n) is 10.3. The fourth-order valence-electron chi connectivity index (χ4n) is 2.69. The molecule has 0 saturated carbocycles. The van der Waals surface area contributed by atoms with Gasteiger partial charge in [0.05, 0.1) is 0 Å². The smallest absolute Gasteiger partial charge is 0.408 e.